The van der Waals surface area contributed by atoms with Crippen LogP contribution < -0.4 is 10.6 Å². The van der Waals surface area contributed by atoms with Gasteiger partial charge in [0, 0.05) is 13.2 Å². The fourth-order valence-electron chi connectivity index (χ4n) is 1.35. The molecule has 0 spiro atoms. The summed E-state index contributed by atoms with van der Waals surface area (Å²) in [5.41, 5.74) is 1.20. The molecule has 0 heterocycles. The first kappa shape index (κ1) is 12.9. The van der Waals surface area contributed by atoms with Crippen LogP contribution in [0.3, 0.4) is 0 Å². The van der Waals surface area contributed by atoms with Crippen molar-refractivity contribution in [2.75, 3.05) is 13.2 Å². The van der Waals surface area contributed by atoms with Crippen molar-refractivity contribution in [3.05, 3.63) is 35.9 Å². The van der Waals surface area contributed by atoms with E-state index < -0.39 is 0 Å². The second-order valence-corrected chi connectivity index (χ2v) is 4.02. The van der Waals surface area contributed by atoms with Crippen LogP contribution in [0.15, 0.2) is 30.3 Å². The largest absolute Gasteiger partial charge is 0.396 e. The average molecular weight is 238 g/mol. The Labute approximate surface area is 102 Å². The lowest BCUT2D eigenvalue weighted by atomic mass is 10.1. The summed E-state index contributed by atoms with van der Waals surface area (Å²) in [6.45, 7) is 2.95. The highest BCUT2D eigenvalue weighted by molar-refractivity contribution is 7.80. The molecule has 3 nitrogen and oxygen atoms in total. The van der Waals surface area contributed by atoms with Gasteiger partial charge >= 0.3 is 0 Å². The van der Waals surface area contributed by atoms with Crippen LogP contribution in [0.5, 0.6) is 0 Å². The highest BCUT2D eigenvalue weighted by Crippen LogP contribution is 2.10. The summed E-state index contributed by atoms with van der Waals surface area (Å²) in [4.78, 5) is 0. The van der Waals surface area contributed by atoms with E-state index in [-0.39, 0.29) is 12.6 Å². The van der Waals surface area contributed by atoms with Crippen LogP contribution in [0.2, 0.25) is 0 Å². The molecule has 1 atom stereocenters. The topological polar surface area (TPSA) is 44.3 Å². The van der Waals surface area contributed by atoms with Gasteiger partial charge in [0.25, 0.3) is 0 Å². The number of benzene rings is 1. The van der Waals surface area contributed by atoms with E-state index in [9.17, 15) is 0 Å². The summed E-state index contributed by atoms with van der Waals surface area (Å²) in [5, 5.41) is 15.5. The normalized spacial score (nSPS) is 11.9. The van der Waals surface area contributed by atoms with Crippen molar-refractivity contribution >= 4 is 17.3 Å². The number of thiocarbonyl (C=S) groups is 1. The molecule has 0 aromatic heterocycles. The minimum absolute atomic E-state index is 0.184. The second kappa shape index (κ2) is 7.19. The van der Waals surface area contributed by atoms with E-state index in [0.717, 1.165) is 0 Å². The fraction of sp³-hybridized carbons (Fsp3) is 0.417. The first-order chi connectivity index (χ1) is 7.74. The summed E-state index contributed by atoms with van der Waals surface area (Å²) in [6.07, 6.45) is 0.710. The van der Waals surface area contributed by atoms with E-state index in [0.29, 0.717) is 18.1 Å². The van der Waals surface area contributed by atoms with Gasteiger partial charge in [0.05, 0.1) is 6.04 Å². The quantitative estimate of drug-likeness (QED) is 0.538. The van der Waals surface area contributed by atoms with Crippen LogP contribution in [0.4, 0.5) is 0 Å². The van der Waals surface area contributed by atoms with Gasteiger partial charge in [-0.3, -0.25) is 0 Å². The Hall–Kier alpha value is -1.13. The average Bonchev–Trinajstić information content (AvgIpc) is 2.30. The van der Waals surface area contributed by atoms with Crippen LogP contribution in [0.25, 0.3) is 0 Å². The standard InChI is InChI=1S/C12H18N2OS/c1-10(11-6-3-2-4-7-11)14-12(16)13-8-5-9-15/h2-4,6-7,10,15H,5,8-9H2,1H3,(H2,13,14,16). The van der Waals surface area contributed by atoms with Gasteiger partial charge in [-0.25, -0.2) is 0 Å². The van der Waals surface area contributed by atoms with Crippen molar-refractivity contribution in [2.24, 2.45) is 0 Å². The molecular weight excluding hydrogens is 220 g/mol. The number of hydrogen-bond acceptors (Lipinski definition) is 2. The first-order valence-corrected chi connectivity index (χ1v) is 5.85. The maximum atomic E-state index is 8.64. The number of aliphatic hydroxyl groups excluding tert-OH is 1. The van der Waals surface area contributed by atoms with Crippen molar-refractivity contribution in [3.8, 4) is 0 Å². The Morgan fingerprint density at radius 2 is 2.06 bits per heavy atom. The molecular formula is C12H18N2OS. The minimum atomic E-state index is 0.184. The van der Waals surface area contributed by atoms with Gasteiger partial charge < -0.3 is 15.7 Å². The number of hydrogen-bond donors (Lipinski definition) is 3. The molecule has 88 valence electrons. The van der Waals surface area contributed by atoms with E-state index >= 15 is 0 Å². The maximum absolute atomic E-state index is 8.64. The molecule has 16 heavy (non-hydrogen) atoms. The monoisotopic (exact) mass is 238 g/mol. The highest BCUT2D eigenvalue weighted by atomic mass is 32.1. The predicted octanol–water partition coefficient (Wildman–Crippen LogP) is 1.59. The second-order valence-electron chi connectivity index (χ2n) is 3.61. The molecule has 3 N–H and O–H groups in total. The van der Waals surface area contributed by atoms with Crippen LogP contribution >= 0.6 is 12.2 Å². The van der Waals surface area contributed by atoms with E-state index in [2.05, 4.69) is 29.7 Å². The molecule has 0 aliphatic carbocycles. The Morgan fingerprint density at radius 3 is 2.69 bits per heavy atom. The van der Waals surface area contributed by atoms with Gasteiger partial charge in [-0.1, -0.05) is 30.3 Å². The summed E-state index contributed by atoms with van der Waals surface area (Å²) >= 11 is 5.14. The first-order valence-electron chi connectivity index (χ1n) is 5.44. The number of nitrogens with one attached hydrogen (secondary N) is 2. The summed E-state index contributed by atoms with van der Waals surface area (Å²) in [5.74, 6) is 0. The molecule has 0 aliphatic heterocycles. The molecule has 4 heteroatoms. The Kier molecular flexibility index (Phi) is 5.82. The van der Waals surface area contributed by atoms with Gasteiger partial charge in [0.2, 0.25) is 0 Å². The molecule has 1 unspecified atom stereocenters. The maximum Gasteiger partial charge on any atom is 0.166 e. The summed E-state index contributed by atoms with van der Waals surface area (Å²) < 4.78 is 0. The van der Waals surface area contributed by atoms with Crippen LogP contribution in [-0.2, 0) is 0 Å². The zero-order chi connectivity index (χ0) is 11.8. The van der Waals surface area contributed by atoms with Crippen molar-refractivity contribution in [3.63, 3.8) is 0 Å². The lowest BCUT2D eigenvalue weighted by molar-refractivity contribution is 0.289. The van der Waals surface area contributed by atoms with Crippen molar-refractivity contribution in [2.45, 2.75) is 19.4 Å². The molecule has 0 amide bonds. The van der Waals surface area contributed by atoms with E-state index in [1.807, 2.05) is 18.2 Å². The van der Waals surface area contributed by atoms with E-state index in [1.165, 1.54) is 5.56 Å². The third-order valence-electron chi connectivity index (χ3n) is 2.27. The Balaban J connectivity index is 2.34. The molecule has 0 radical (unpaired) electrons. The molecule has 0 saturated carbocycles. The van der Waals surface area contributed by atoms with Crippen LogP contribution in [-0.4, -0.2) is 23.4 Å². The Morgan fingerprint density at radius 1 is 1.38 bits per heavy atom. The lowest BCUT2D eigenvalue weighted by Gasteiger charge is -2.17. The molecule has 1 aromatic carbocycles. The zero-order valence-electron chi connectivity index (χ0n) is 9.44. The molecule has 0 saturated heterocycles. The van der Waals surface area contributed by atoms with Crippen LogP contribution in [0, 0.1) is 0 Å². The molecule has 0 aliphatic rings. The molecule has 1 aromatic rings. The number of aliphatic hydroxyl groups is 1. The number of rotatable bonds is 5. The molecule has 0 bridgehead atoms. The highest BCUT2D eigenvalue weighted by Gasteiger charge is 2.05. The van der Waals surface area contributed by atoms with E-state index in [4.69, 9.17) is 17.3 Å². The van der Waals surface area contributed by atoms with Gasteiger partial charge in [0.1, 0.15) is 0 Å². The van der Waals surface area contributed by atoms with E-state index in [1.54, 1.807) is 0 Å². The van der Waals surface area contributed by atoms with Crippen LogP contribution in [0.1, 0.15) is 24.9 Å². The minimum Gasteiger partial charge on any atom is -0.396 e. The summed E-state index contributed by atoms with van der Waals surface area (Å²) in [6, 6.07) is 10.3. The predicted molar refractivity (Wildman–Crippen MR) is 70.3 cm³/mol. The van der Waals surface area contributed by atoms with Crippen molar-refractivity contribution in [1.82, 2.24) is 10.6 Å². The zero-order valence-corrected chi connectivity index (χ0v) is 10.3. The molecule has 1 rings (SSSR count). The van der Waals surface area contributed by atoms with Crippen molar-refractivity contribution < 1.29 is 5.11 Å². The third-order valence-corrected chi connectivity index (χ3v) is 2.53. The third kappa shape index (κ3) is 4.59. The van der Waals surface area contributed by atoms with Gasteiger partial charge in [-0.15, -0.1) is 0 Å². The smallest absolute Gasteiger partial charge is 0.166 e. The fourth-order valence-corrected chi connectivity index (χ4v) is 1.63. The van der Waals surface area contributed by atoms with Gasteiger partial charge in [0.15, 0.2) is 5.11 Å². The Bertz CT molecular complexity index is 316. The SMILES string of the molecule is CC(NC(=S)NCCCO)c1ccccc1. The lowest BCUT2D eigenvalue weighted by Crippen LogP contribution is -2.37. The van der Waals surface area contributed by atoms with Crippen molar-refractivity contribution in [1.29, 1.82) is 0 Å². The van der Waals surface area contributed by atoms with Gasteiger partial charge in [-0.05, 0) is 31.1 Å². The molecule has 0 fully saturated rings. The summed E-state index contributed by atoms with van der Waals surface area (Å²) in [7, 11) is 0. The van der Waals surface area contributed by atoms with Gasteiger partial charge in [-0.2, -0.15) is 0 Å².